The standard InChI is InChI=1S/C27H25FN6O4S/c28-17-6-8-18(9-7-17)34(27(37)24-21(29)22(25(30)35)33-39-24)23(26(36)32-14-19-4-2-12-38-19)16-5-10-20-15(13-16)3-1-11-31-20/h1,3,5-11,13,19,23H,2,4,12,14,29H2,(H2,30,35)(H,32,36)/t19-,23+/m1/s1. The number of carbonyl (C=O) groups excluding carboxylic acids is 3. The van der Waals surface area contributed by atoms with Gasteiger partial charge in [0.1, 0.15) is 16.7 Å². The van der Waals surface area contributed by atoms with Crippen LogP contribution in [-0.4, -0.2) is 46.3 Å². The highest BCUT2D eigenvalue weighted by Crippen LogP contribution is 2.34. The molecule has 1 fully saturated rings. The van der Waals surface area contributed by atoms with E-state index in [4.69, 9.17) is 16.2 Å². The summed E-state index contributed by atoms with van der Waals surface area (Å²) < 4.78 is 23.5. The third-order valence-corrected chi connectivity index (χ3v) is 7.31. The van der Waals surface area contributed by atoms with Gasteiger partial charge in [-0.05, 0) is 72.4 Å². The van der Waals surface area contributed by atoms with Gasteiger partial charge in [0.25, 0.3) is 11.8 Å². The first-order chi connectivity index (χ1) is 18.8. The molecule has 4 aromatic rings. The first kappa shape index (κ1) is 26.2. The molecule has 12 heteroatoms. The highest BCUT2D eigenvalue weighted by atomic mass is 32.1. The van der Waals surface area contributed by atoms with Crippen molar-refractivity contribution in [2.45, 2.75) is 25.0 Å². The molecule has 2 aromatic heterocycles. The van der Waals surface area contributed by atoms with E-state index >= 15 is 0 Å². The maximum absolute atomic E-state index is 14.1. The topological polar surface area (TPSA) is 154 Å². The highest BCUT2D eigenvalue weighted by molar-refractivity contribution is 7.09. The van der Waals surface area contributed by atoms with Crippen LogP contribution >= 0.6 is 11.5 Å². The molecule has 2 atom stereocenters. The summed E-state index contributed by atoms with van der Waals surface area (Å²) in [4.78, 5) is 45.2. The minimum Gasteiger partial charge on any atom is -0.395 e. The van der Waals surface area contributed by atoms with Gasteiger partial charge in [-0.15, -0.1) is 0 Å². The number of fused-ring (bicyclic) bond motifs is 1. The molecule has 0 radical (unpaired) electrons. The number of carbonyl (C=O) groups is 3. The molecule has 0 bridgehead atoms. The minimum absolute atomic E-state index is 0.0764. The van der Waals surface area contributed by atoms with Crippen LogP contribution in [0.15, 0.2) is 60.8 Å². The van der Waals surface area contributed by atoms with Gasteiger partial charge in [0.15, 0.2) is 5.69 Å². The highest BCUT2D eigenvalue weighted by Gasteiger charge is 2.36. The van der Waals surface area contributed by atoms with Crippen molar-refractivity contribution in [1.82, 2.24) is 14.7 Å². The number of nitrogens with two attached hydrogens (primary N) is 2. The fourth-order valence-corrected chi connectivity index (χ4v) is 5.26. The van der Waals surface area contributed by atoms with Gasteiger partial charge in [-0.2, -0.15) is 4.37 Å². The van der Waals surface area contributed by atoms with Gasteiger partial charge in [-0.25, -0.2) is 4.39 Å². The first-order valence-electron chi connectivity index (χ1n) is 12.2. The molecule has 0 saturated carbocycles. The number of pyridine rings is 1. The molecule has 3 amide bonds. The van der Waals surface area contributed by atoms with Crippen LogP contribution in [0.5, 0.6) is 0 Å². The molecule has 0 spiro atoms. The quantitative estimate of drug-likeness (QED) is 0.306. The third kappa shape index (κ3) is 5.42. The van der Waals surface area contributed by atoms with Crippen LogP contribution in [0.1, 0.15) is 44.6 Å². The maximum atomic E-state index is 14.1. The van der Waals surface area contributed by atoms with Gasteiger partial charge in [-0.3, -0.25) is 24.3 Å². The molecule has 1 saturated heterocycles. The molecule has 5 rings (SSSR count). The largest absolute Gasteiger partial charge is 0.395 e. The number of nitrogen functional groups attached to an aromatic ring is 1. The second-order valence-electron chi connectivity index (χ2n) is 9.03. The Morgan fingerprint density at radius 2 is 1.97 bits per heavy atom. The summed E-state index contributed by atoms with van der Waals surface area (Å²) in [7, 11) is 0. The monoisotopic (exact) mass is 548 g/mol. The van der Waals surface area contributed by atoms with Crippen molar-refractivity contribution in [1.29, 1.82) is 0 Å². The van der Waals surface area contributed by atoms with Gasteiger partial charge >= 0.3 is 0 Å². The molecule has 0 unspecified atom stereocenters. The summed E-state index contributed by atoms with van der Waals surface area (Å²) in [5, 5.41) is 3.67. The lowest BCUT2D eigenvalue weighted by Crippen LogP contribution is -2.45. The zero-order valence-corrected chi connectivity index (χ0v) is 21.5. The Hall–Kier alpha value is -4.42. The minimum atomic E-state index is -1.20. The summed E-state index contributed by atoms with van der Waals surface area (Å²) in [6, 6.07) is 12.8. The number of nitrogens with one attached hydrogen (secondary N) is 1. The Kier molecular flexibility index (Phi) is 7.48. The van der Waals surface area contributed by atoms with Crippen LogP contribution < -0.4 is 21.7 Å². The van der Waals surface area contributed by atoms with E-state index < -0.39 is 29.6 Å². The molecule has 10 nitrogen and oxygen atoms in total. The van der Waals surface area contributed by atoms with Crippen LogP contribution in [0.2, 0.25) is 0 Å². The van der Waals surface area contributed by atoms with E-state index in [-0.39, 0.29) is 34.6 Å². The van der Waals surface area contributed by atoms with E-state index in [1.54, 1.807) is 30.5 Å². The Balaban J connectivity index is 1.63. The van der Waals surface area contributed by atoms with Gasteiger partial charge in [0.2, 0.25) is 5.91 Å². The van der Waals surface area contributed by atoms with E-state index in [1.807, 2.05) is 6.07 Å². The van der Waals surface area contributed by atoms with E-state index in [0.29, 0.717) is 29.2 Å². The number of halogens is 1. The Labute approximate surface area is 226 Å². The Morgan fingerprint density at radius 3 is 2.67 bits per heavy atom. The van der Waals surface area contributed by atoms with E-state index in [0.717, 1.165) is 18.2 Å². The number of nitrogens with zero attached hydrogens (tertiary/aromatic N) is 3. The molecule has 3 heterocycles. The Bertz CT molecular complexity index is 1540. The second kappa shape index (κ2) is 11.1. The number of rotatable bonds is 8. The van der Waals surface area contributed by atoms with Crippen molar-refractivity contribution in [2.24, 2.45) is 5.73 Å². The Morgan fingerprint density at radius 1 is 1.18 bits per heavy atom. The SMILES string of the molecule is NC(=O)c1nsc(C(=O)N(c2ccc(F)cc2)[C@H](C(=O)NC[C@H]2CCCO2)c2ccc3ncccc3c2)c1N. The third-order valence-electron chi connectivity index (χ3n) is 6.46. The summed E-state index contributed by atoms with van der Waals surface area (Å²) in [6.45, 7) is 0.874. The van der Waals surface area contributed by atoms with E-state index in [1.165, 1.54) is 29.2 Å². The van der Waals surface area contributed by atoms with Crippen molar-refractivity contribution < 1.29 is 23.5 Å². The fourth-order valence-electron chi connectivity index (χ4n) is 4.52. The van der Waals surface area contributed by atoms with Crippen molar-refractivity contribution >= 4 is 51.5 Å². The van der Waals surface area contributed by atoms with Gasteiger partial charge < -0.3 is 21.5 Å². The molecule has 0 aliphatic carbocycles. The zero-order valence-electron chi connectivity index (χ0n) is 20.7. The van der Waals surface area contributed by atoms with Crippen LogP contribution in [0.4, 0.5) is 15.8 Å². The molecule has 1 aliphatic rings. The van der Waals surface area contributed by atoms with Gasteiger partial charge in [0.05, 0.1) is 17.3 Å². The predicted molar refractivity (Wildman–Crippen MR) is 145 cm³/mol. The van der Waals surface area contributed by atoms with Crippen LogP contribution in [0.3, 0.4) is 0 Å². The molecule has 200 valence electrons. The van der Waals surface area contributed by atoms with E-state index in [9.17, 15) is 18.8 Å². The van der Waals surface area contributed by atoms with Crippen LogP contribution in [-0.2, 0) is 9.53 Å². The lowest BCUT2D eigenvalue weighted by atomic mass is 10.00. The summed E-state index contributed by atoms with van der Waals surface area (Å²) in [5.41, 5.74) is 12.4. The second-order valence-corrected chi connectivity index (χ2v) is 9.80. The molecular weight excluding hydrogens is 523 g/mol. The number of anilines is 2. The fraction of sp³-hybridized carbons (Fsp3) is 0.222. The number of hydrogen-bond donors (Lipinski definition) is 3. The molecule has 39 heavy (non-hydrogen) atoms. The van der Waals surface area contributed by atoms with Crippen molar-refractivity contribution in [3.05, 3.63) is 82.7 Å². The van der Waals surface area contributed by atoms with Crippen molar-refractivity contribution in [2.75, 3.05) is 23.8 Å². The van der Waals surface area contributed by atoms with Crippen LogP contribution in [0.25, 0.3) is 10.9 Å². The predicted octanol–water partition coefficient (Wildman–Crippen LogP) is 3.19. The smallest absolute Gasteiger partial charge is 0.273 e. The lowest BCUT2D eigenvalue weighted by molar-refractivity contribution is -0.123. The average molecular weight is 549 g/mol. The average Bonchev–Trinajstić information content (AvgIpc) is 3.60. The molecular formula is C27H25FN6O4S. The lowest BCUT2D eigenvalue weighted by Gasteiger charge is -2.31. The van der Waals surface area contributed by atoms with Crippen molar-refractivity contribution in [3.8, 4) is 0 Å². The number of hydrogen-bond acceptors (Lipinski definition) is 8. The number of amides is 3. The molecule has 1 aliphatic heterocycles. The maximum Gasteiger partial charge on any atom is 0.273 e. The molecule has 5 N–H and O–H groups in total. The van der Waals surface area contributed by atoms with Gasteiger partial charge in [-0.1, -0.05) is 12.1 Å². The van der Waals surface area contributed by atoms with E-state index in [2.05, 4.69) is 14.7 Å². The van der Waals surface area contributed by atoms with Crippen LogP contribution in [0, 0.1) is 5.82 Å². The summed E-state index contributed by atoms with van der Waals surface area (Å²) >= 11 is 0.697. The zero-order chi connectivity index (χ0) is 27.5. The summed E-state index contributed by atoms with van der Waals surface area (Å²) in [5.74, 6) is -2.59. The first-order valence-corrected chi connectivity index (χ1v) is 13.0. The normalized spacial score (nSPS) is 15.7. The number of aromatic nitrogens is 2. The number of ether oxygens (including phenoxy) is 1. The van der Waals surface area contributed by atoms with Gasteiger partial charge in [0, 0.05) is 30.4 Å². The number of primary amides is 1. The number of benzene rings is 2. The summed E-state index contributed by atoms with van der Waals surface area (Å²) in [6.07, 6.45) is 3.22. The molecule has 2 aromatic carbocycles. The van der Waals surface area contributed by atoms with Crippen molar-refractivity contribution in [3.63, 3.8) is 0 Å².